The predicted molar refractivity (Wildman–Crippen MR) is 109 cm³/mol. The molecule has 0 N–H and O–H groups in total. The number of aryl methyl sites for hydroxylation is 1. The van der Waals surface area contributed by atoms with E-state index in [0.29, 0.717) is 13.1 Å². The van der Waals surface area contributed by atoms with Crippen molar-refractivity contribution in [1.82, 2.24) is 4.90 Å². The van der Waals surface area contributed by atoms with E-state index in [-0.39, 0.29) is 11.7 Å². The average Bonchev–Trinajstić information content (AvgIpc) is 2.72. The Kier molecular flexibility index (Phi) is 6.64. The predicted octanol–water partition coefficient (Wildman–Crippen LogP) is 4.53. The Hall–Kier alpha value is -2.62. The molecule has 2 aromatic carbocycles. The standard InChI is InChI=1S/C23H27FN2O/c1-2-3-4-19-5-7-20(8-6-19)9-14-23(27)26-17-15-25(16-18-26)22-12-10-21(24)11-13-22/h5-14H,2-4,15-18H2,1H3/b14-9+. The molecule has 1 aliphatic rings. The quantitative estimate of drug-likeness (QED) is 0.701. The van der Waals surface area contributed by atoms with E-state index in [9.17, 15) is 9.18 Å². The lowest BCUT2D eigenvalue weighted by atomic mass is 10.1. The Morgan fingerprint density at radius 2 is 1.67 bits per heavy atom. The van der Waals surface area contributed by atoms with Gasteiger partial charge in [-0.25, -0.2) is 4.39 Å². The van der Waals surface area contributed by atoms with E-state index in [4.69, 9.17) is 0 Å². The van der Waals surface area contributed by atoms with Crippen molar-refractivity contribution in [2.75, 3.05) is 31.1 Å². The minimum Gasteiger partial charge on any atom is -0.368 e. The second-order valence-electron chi connectivity index (χ2n) is 6.97. The number of carbonyl (C=O) groups is 1. The summed E-state index contributed by atoms with van der Waals surface area (Å²) in [4.78, 5) is 16.5. The molecule has 0 bridgehead atoms. The fourth-order valence-corrected chi connectivity index (χ4v) is 3.29. The van der Waals surface area contributed by atoms with Gasteiger partial charge in [0.2, 0.25) is 5.91 Å². The fraction of sp³-hybridized carbons (Fsp3) is 0.348. The van der Waals surface area contributed by atoms with Crippen molar-refractivity contribution in [3.05, 3.63) is 71.6 Å². The summed E-state index contributed by atoms with van der Waals surface area (Å²) >= 11 is 0. The second-order valence-corrected chi connectivity index (χ2v) is 6.97. The number of piperazine rings is 1. The number of nitrogens with zero attached hydrogens (tertiary/aromatic N) is 2. The Morgan fingerprint density at radius 3 is 2.30 bits per heavy atom. The zero-order valence-electron chi connectivity index (χ0n) is 15.9. The molecule has 3 rings (SSSR count). The van der Waals surface area contributed by atoms with Gasteiger partial charge in [0.15, 0.2) is 0 Å². The zero-order valence-corrected chi connectivity index (χ0v) is 15.9. The van der Waals surface area contributed by atoms with Crippen molar-refractivity contribution >= 4 is 17.7 Å². The molecule has 0 aromatic heterocycles. The van der Waals surface area contributed by atoms with Gasteiger partial charge in [0.25, 0.3) is 0 Å². The molecule has 0 spiro atoms. The van der Waals surface area contributed by atoms with Crippen molar-refractivity contribution < 1.29 is 9.18 Å². The van der Waals surface area contributed by atoms with E-state index in [1.807, 2.05) is 11.0 Å². The minimum atomic E-state index is -0.226. The molecule has 1 aliphatic heterocycles. The largest absolute Gasteiger partial charge is 0.368 e. The van der Waals surface area contributed by atoms with Crippen LogP contribution >= 0.6 is 0 Å². The third-order valence-corrected chi connectivity index (χ3v) is 5.00. The highest BCUT2D eigenvalue weighted by molar-refractivity contribution is 5.92. The molecule has 2 aromatic rings. The highest BCUT2D eigenvalue weighted by atomic mass is 19.1. The maximum absolute atomic E-state index is 13.0. The highest BCUT2D eigenvalue weighted by Gasteiger charge is 2.19. The van der Waals surface area contributed by atoms with Crippen LogP contribution in [0.1, 0.15) is 30.9 Å². The average molecular weight is 366 g/mol. The molecule has 0 saturated carbocycles. The van der Waals surface area contributed by atoms with Gasteiger partial charge in [-0.2, -0.15) is 0 Å². The van der Waals surface area contributed by atoms with Crippen molar-refractivity contribution in [2.24, 2.45) is 0 Å². The van der Waals surface area contributed by atoms with Crippen LogP contribution in [0.4, 0.5) is 10.1 Å². The second kappa shape index (κ2) is 9.36. The van der Waals surface area contributed by atoms with E-state index in [2.05, 4.69) is 36.1 Å². The molecule has 0 radical (unpaired) electrons. The molecule has 3 nitrogen and oxygen atoms in total. The molecule has 0 unspecified atom stereocenters. The smallest absolute Gasteiger partial charge is 0.246 e. The number of benzene rings is 2. The summed E-state index contributed by atoms with van der Waals surface area (Å²) in [5, 5.41) is 0. The molecule has 27 heavy (non-hydrogen) atoms. The van der Waals surface area contributed by atoms with Crippen molar-refractivity contribution in [3.8, 4) is 0 Å². The van der Waals surface area contributed by atoms with Gasteiger partial charge in [0.1, 0.15) is 5.82 Å². The number of carbonyl (C=O) groups excluding carboxylic acids is 1. The summed E-state index contributed by atoms with van der Waals surface area (Å²) in [5.41, 5.74) is 3.40. The summed E-state index contributed by atoms with van der Waals surface area (Å²) in [6.45, 7) is 5.07. The molecule has 142 valence electrons. The maximum Gasteiger partial charge on any atom is 0.246 e. The minimum absolute atomic E-state index is 0.0452. The number of rotatable bonds is 6. The third kappa shape index (κ3) is 5.43. The van der Waals surface area contributed by atoms with Gasteiger partial charge in [0, 0.05) is 37.9 Å². The summed E-state index contributed by atoms with van der Waals surface area (Å²) in [6, 6.07) is 14.9. The molecular formula is C23H27FN2O. The van der Waals surface area contributed by atoms with Gasteiger partial charge in [0.05, 0.1) is 0 Å². The van der Waals surface area contributed by atoms with Gasteiger partial charge >= 0.3 is 0 Å². The van der Waals surface area contributed by atoms with Crippen LogP contribution in [0.25, 0.3) is 6.08 Å². The van der Waals surface area contributed by atoms with Crippen LogP contribution in [-0.4, -0.2) is 37.0 Å². The first-order valence-electron chi connectivity index (χ1n) is 9.72. The maximum atomic E-state index is 13.0. The van der Waals surface area contributed by atoms with E-state index in [0.717, 1.165) is 30.8 Å². The van der Waals surface area contributed by atoms with Crippen LogP contribution in [0.15, 0.2) is 54.6 Å². The van der Waals surface area contributed by atoms with Gasteiger partial charge in [-0.05, 0) is 54.3 Å². The van der Waals surface area contributed by atoms with E-state index < -0.39 is 0 Å². The van der Waals surface area contributed by atoms with Crippen molar-refractivity contribution in [2.45, 2.75) is 26.2 Å². The van der Waals surface area contributed by atoms with E-state index >= 15 is 0 Å². The van der Waals surface area contributed by atoms with Crippen LogP contribution in [0.3, 0.4) is 0 Å². The number of anilines is 1. The molecule has 0 aliphatic carbocycles. The Labute approximate surface area is 161 Å². The summed E-state index contributed by atoms with van der Waals surface area (Å²) in [7, 11) is 0. The number of amides is 1. The first kappa shape index (κ1) is 19.2. The number of hydrogen-bond donors (Lipinski definition) is 0. The van der Waals surface area contributed by atoms with Crippen LogP contribution in [0, 0.1) is 5.82 Å². The topological polar surface area (TPSA) is 23.6 Å². The van der Waals surface area contributed by atoms with Gasteiger partial charge in [-0.3, -0.25) is 4.79 Å². The van der Waals surface area contributed by atoms with E-state index in [1.54, 1.807) is 18.2 Å². The third-order valence-electron chi connectivity index (χ3n) is 5.00. The van der Waals surface area contributed by atoms with Crippen LogP contribution < -0.4 is 4.90 Å². The van der Waals surface area contributed by atoms with Crippen LogP contribution in [0.2, 0.25) is 0 Å². The number of hydrogen-bond acceptors (Lipinski definition) is 2. The highest BCUT2D eigenvalue weighted by Crippen LogP contribution is 2.17. The Bertz CT molecular complexity index is 760. The summed E-state index contributed by atoms with van der Waals surface area (Å²) < 4.78 is 13.0. The Balaban J connectivity index is 1.50. The van der Waals surface area contributed by atoms with Gasteiger partial charge < -0.3 is 9.80 Å². The normalized spacial score (nSPS) is 14.7. The number of unbranched alkanes of at least 4 members (excludes halogenated alkanes) is 1. The zero-order chi connectivity index (χ0) is 19.1. The fourth-order valence-electron chi connectivity index (χ4n) is 3.29. The lowest BCUT2D eigenvalue weighted by Gasteiger charge is -2.35. The monoisotopic (exact) mass is 366 g/mol. The molecule has 1 heterocycles. The molecule has 1 saturated heterocycles. The lowest BCUT2D eigenvalue weighted by molar-refractivity contribution is -0.126. The molecular weight excluding hydrogens is 339 g/mol. The Morgan fingerprint density at radius 1 is 1.00 bits per heavy atom. The molecule has 4 heteroatoms. The van der Waals surface area contributed by atoms with Crippen molar-refractivity contribution in [3.63, 3.8) is 0 Å². The summed E-state index contributed by atoms with van der Waals surface area (Å²) in [5.74, 6) is -0.181. The first-order valence-corrected chi connectivity index (χ1v) is 9.72. The molecule has 1 amide bonds. The molecule has 0 atom stereocenters. The van der Waals surface area contributed by atoms with Crippen molar-refractivity contribution in [1.29, 1.82) is 0 Å². The molecule has 1 fully saturated rings. The van der Waals surface area contributed by atoms with Gasteiger partial charge in [-0.1, -0.05) is 37.6 Å². The van der Waals surface area contributed by atoms with Crippen LogP contribution in [-0.2, 0) is 11.2 Å². The van der Waals surface area contributed by atoms with E-state index in [1.165, 1.54) is 30.5 Å². The number of halogens is 1. The van der Waals surface area contributed by atoms with Crippen LogP contribution in [0.5, 0.6) is 0 Å². The summed E-state index contributed by atoms with van der Waals surface area (Å²) in [6.07, 6.45) is 7.06. The SMILES string of the molecule is CCCCc1ccc(/C=C/C(=O)N2CCN(c3ccc(F)cc3)CC2)cc1. The van der Waals surface area contributed by atoms with Gasteiger partial charge in [-0.15, -0.1) is 0 Å². The first-order chi connectivity index (χ1) is 13.2. The lowest BCUT2D eigenvalue weighted by Crippen LogP contribution is -2.48.